The van der Waals surface area contributed by atoms with E-state index in [0.717, 1.165) is 22.3 Å². The average molecular weight is 477 g/mol. The number of rotatable bonds is 10. The molecule has 3 rings (SSSR count). The maximum atomic E-state index is 14.7. The molecule has 0 amide bonds. The summed E-state index contributed by atoms with van der Waals surface area (Å²) in [5, 5.41) is 9.24. The zero-order valence-corrected chi connectivity index (χ0v) is 20.8. The zero-order chi connectivity index (χ0) is 25.6. The molecule has 0 saturated carbocycles. The molecule has 1 N–H and O–H groups in total. The largest absolute Gasteiger partial charge is 0.497 e. The van der Waals surface area contributed by atoms with Crippen LogP contribution < -0.4 is 9.47 Å². The Morgan fingerprint density at radius 3 is 2.49 bits per heavy atom. The SMILES string of the molecule is C=CC[C@H](CC(=O)O)c1cccc(OCc2ccc(-c3cc(OC)ccc3F)c(C(C)(C)C)c2)c1. The number of ether oxygens (including phenoxy) is 2. The molecule has 184 valence electrons. The predicted octanol–water partition coefficient (Wildman–Crippen LogP) is 7.51. The van der Waals surface area contributed by atoms with Gasteiger partial charge in [0.25, 0.3) is 0 Å². The molecule has 0 aliphatic rings. The molecule has 3 aromatic rings. The molecule has 0 aliphatic heterocycles. The van der Waals surface area contributed by atoms with Gasteiger partial charge in [-0.05, 0) is 70.3 Å². The summed E-state index contributed by atoms with van der Waals surface area (Å²) in [7, 11) is 1.57. The van der Waals surface area contributed by atoms with Crippen molar-refractivity contribution in [3.63, 3.8) is 0 Å². The number of carboxylic acid groups (broad SMARTS) is 1. The van der Waals surface area contributed by atoms with E-state index < -0.39 is 5.97 Å². The van der Waals surface area contributed by atoms with Crippen LogP contribution >= 0.6 is 0 Å². The molecule has 0 unspecified atom stereocenters. The molecule has 4 nitrogen and oxygen atoms in total. The number of hydrogen-bond donors (Lipinski definition) is 1. The second-order valence-electron chi connectivity index (χ2n) is 9.66. The number of halogens is 1. The second kappa shape index (κ2) is 11.2. The minimum atomic E-state index is -0.842. The standard InChI is InChI=1S/C30H33FO4/c1-6-8-21(17-29(32)33)22-9-7-10-24(16-22)35-19-20-11-13-25(27(15-20)30(2,3)4)26-18-23(34-5)12-14-28(26)31/h6-7,9-16,18,21H,1,8,17,19H2,2-5H3,(H,32,33)/t21-/m1/s1. The van der Waals surface area contributed by atoms with E-state index in [4.69, 9.17) is 9.47 Å². The van der Waals surface area contributed by atoms with E-state index in [9.17, 15) is 14.3 Å². The van der Waals surface area contributed by atoms with E-state index in [2.05, 4.69) is 33.4 Å². The third-order valence-electron chi connectivity index (χ3n) is 5.96. The summed E-state index contributed by atoms with van der Waals surface area (Å²) in [5.74, 6) is -0.0236. The molecule has 35 heavy (non-hydrogen) atoms. The van der Waals surface area contributed by atoms with Gasteiger partial charge < -0.3 is 14.6 Å². The fourth-order valence-electron chi connectivity index (χ4n) is 4.15. The van der Waals surface area contributed by atoms with Gasteiger partial charge in [0, 0.05) is 5.56 Å². The second-order valence-corrected chi connectivity index (χ2v) is 9.66. The highest BCUT2D eigenvalue weighted by Crippen LogP contribution is 2.37. The summed E-state index contributed by atoms with van der Waals surface area (Å²) in [4.78, 5) is 11.3. The van der Waals surface area contributed by atoms with Crippen LogP contribution in [-0.2, 0) is 16.8 Å². The lowest BCUT2D eigenvalue weighted by Crippen LogP contribution is -2.14. The molecule has 0 aromatic heterocycles. The summed E-state index contributed by atoms with van der Waals surface area (Å²) < 4.78 is 26.1. The van der Waals surface area contributed by atoms with E-state index >= 15 is 0 Å². The van der Waals surface area contributed by atoms with E-state index in [1.54, 1.807) is 25.3 Å². The Labute approximate surface area is 207 Å². The van der Waals surface area contributed by atoms with Gasteiger partial charge >= 0.3 is 5.97 Å². The van der Waals surface area contributed by atoms with Crippen LogP contribution in [0, 0.1) is 5.82 Å². The highest BCUT2D eigenvalue weighted by molar-refractivity contribution is 5.71. The van der Waals surface area contributed by atoms with Gasteiger partial charge in [-0.25, -0.2) is 4.39 Å². The monoisotopic (exact) mass is 476 g/mol. The number of aliphatic carboxylic acids is 1. The van der Waals surface area contributed by atoms with Crippen LogP contribution in [0.1, 0.15) is 56.2 Å². The van der Waals surface area contributed by atoms with E-state index in [0.29, 0.717) is 30.1 Å². The first-order valence-corrected chi connectivity index (χ1v) is 11.6. The lowest BCUT2D eigenvalue weighted by atomic mass is 9.81. The Kier molecular flexibility index (Phi) is 8.34. The van der Waals surface area contributed by atoms with Crippen molar-refractivity contribution in [1.82, 2.24) is 0 Å². The van der Waals surface area contributed by atoms with Crippen molar-refractivity contribution in [2.45, 2.75) is 51.6 Å². The van der Waals surface area contributed by atoms with Gasteiger partial charge in [0.2, 0.25) is 0 Å². The summed E-state index contributed by atoms with van der Waals surface area (Å²) in [6, 6.07) is 18.2. The summed E-state index contributed by atoms with van der Waals surface area (Å²) >= 11 is 0. The fourth-order valence-corrected chi connectivity index (χ4v) is 4.15. The molecular formula is C30H33FO4. The van der Waals surface area contributed by atoms with Crippen molar-refractivity contribution in [2.75, 3.05) is 7.11 Å². The third-order valence-corrected chi connectivity index (χ3v) is 5.96. The smallest absolute Gasteiger partial charge is 0.303 e. The number of methoxy groups -OCH3 is 1. The zero-order valence-electron chi connectivity index (χ0n) is 20.8. The van der Waals surface area contributed by atoms with Crippen molar-refractivity contribution in [1.29, 1.82) is 0 Å². The molecule has 5 heteroatoms. The first kappa shape index (κ1) is 26.0. The normalized spacial score (nSPS) is 12.1. The Balaban J connectivity index is 1.87. The maximum Gasteiger partial charge on any atom is 0.303 e. The third kappa shape index (κ3) is 6.72. The number of carboxylic acids is 1. The Hall–Kier alpha value is -3.60. The lowest BCUT2D eigenvalue weighted by Gasteiger charge is -2.24. The van der Waals surface area contributed by atoms with Crippen LogP contribution in [0.3, 0.4) is 0 Å². The molecule has 3 aromatic carbocycles. The number of benzene rings is 3. The maximum absolute atomic E-state index is 14.7. The fraction of sp³-hybridized carbons (Fsp3) is 0.300. The highest BCUT2D eigenvalue weighted by atomic mass is 19.1. The van der Waals surface area contributed by atoms with E-state index in [-0.39, 0.29) is 23.6 Å². The minimum absolute atomic E-state index is 0.0344. The molecule has 0 fully saturated rings. The highest BCUT2D eigenvalue weighted by Gasteiger charge is 2.22. The van der Waals surface area contributed by atoms with E-state index in [1.165, 1.54) is 6.07 Å². The van der Waals surface area contributed by atoms with Crippen molar-refractivity contribution in [3.05, 3.63) is 95.8 Å². The molecule has 1 atom stereocenters. The quantitative estimate of drug-likeness (QED) is 0.308. The Morgan fingerprint density at radius 1 is 1.06 bits per heavy atom. The number of allylic oxidation sites excluding steroid dienone is 1. The van der Waals surface area contributed by atoms with Crippen molar-refractivity contribution in [3.8, 4) is 22.6 Å². The lowest BCUT2D eigenvalue weighted by molar-refractivity contribution is -0.137. The van der Waals surface area contributed by atoms with Gasteiger partial charge in [-0.15, -0.1) is 6.58 Å². The Morgan fingerprint density at radius 2 is 1.83 bits per heavy atom. The van der Waals surface area contributed by atoms with Gasteiger partial charge in [-0.1, -0.05) is 57.2 Å². The molecule has 0 radical (unpaired) electrons. The van der Waals surface area contributed by atoms with Gasteiger partial charge in [-0.2, -0.15) is 0 Å². The average Bonchev–Trinajstić information content (AvgIpc) is 2.82. The number of hydrogen-bond acceptors (Lipinski definition) is 3. The van der Waals surface area contributed by atoms with Gasteiger partial charge in [0.05, 0.1) is 13.5 Å². The minimum Gasteiger partial charge on any atom is -0.497 e. The summed E-state index contributed by atoms with van der Waals surface area (Å²) in [5.41, 5.74) is 3.97. The predicted molar refractivity (Wildman–Crippen MR) is 138 cm³/mol. The van der Waals surface area contributed by atoms with Crippen LogP contribution in [0.5, 0.6) is 11.5 Å². The van der Waals surface area contributed by atoms with Crippen molar-refractivity contribution >= 4 is 5.97 Å². The van der Waals surface area contributed by atoms with Crippen LogP contribution in [0.4, 0.5) is 4.39 Å². The van der Waals surface area contributed by atoms with Crippen LogP contribution in [0.25, 0.3) is 11.1 Å². The first-order chi connectivity index (χ1) is 16.6. The van der Waals surface area contributed by atoms with Gasteiger partial charge in [0.15, 0.2) is 0 Å². The molecule has 0 spiro atoms. The number of carbonyl (C=O) groups is 1. The van der Waals surface area contributed by atoms with Crippen LogP contribution in [-0.4, -0.2) is 18.2 Å². The summed E-state index contributed by atoms with van der Waals surface area (Å²) in [6.45, 7) is 10.4. The van der Waals surface area contributed by atoms with Gasteiger partial charge in [0.1, 0.15) is 23.9 Å². The molecule has 0 heterocycles. The van der Waals surface area contributed by atoms with E-state index in [1.807, 2.05) is 36.4 Å². The molecule has 0 bridgehead atoms. The first-order valence-electron chi connectivity index (χ1n) is 11.6. The molecule has 0 saturated heterocycles. The Bertz CT molecular complexity index is 1190. The van der Waals surface area contributed by atoms with Crippen molar-refractivity contribution < 1.29 is 23.8 Å². The topological polar surface area (TPSA) is 55.8 Å². The molecule has 0 aliphatic carbocycles. The summed E-state index contributed by atoms with van der Waals surface area (Å²) in [6.07, 6.45) is 2.35. The van der Waals surface area contributed by atoms with Crippen LogP contribution in [0.2, 0.25) is 0 Å². The molecular weight excluding hydrogens is 443 g/mol. The van der Waals surface area contributed by atoms with Gasteiger partial charge in [-0.3, -0.25) is 4.79 Å². The van der Waals surface area contributed by atoms with Crippen molar-refractivity contribution in [2.24, 2.45) is 0 Å². The van der Waals surface area contributed by atoms with Crippen LogP contribution in [0.15, 0.2) is 73.3 Å².